The minimum Gasteiger partial charge on any atom is -0.390 e. The highest BCUT2D eigenvalue weighted by Gasteiger charge is 2.49. The largest absolute Gasteiger partial charge is 0.390 e. The monoisotopic (exact) mass is 462 g/mol. The van der Waals surface area contributed by atoms with Crippen molar-refractivity contribution in [1.82, 2.24) is 24.6 Å². The van der Waals surface area contributed by atoms with Crippen LogP contribution < -0.4 is 5.73 Å². The van der Waals surface area contributed by atoms with Crippen molar-refractivity contribution in [1.29, 1.82) is 0 Å². The van der Waals surface area contributed by atoms with Crippen LogP contribution in [0.3, 0.4) is 0 Å². The molecule has 3 heterocycles. The summed E-state index contributed by atoms with van der Waals surface area (Å²) < 4.78 is 1.73. The molecular formula is C28H26N6O. The van der Waals surface area contributed by atoms with Crippen LogP contribution in [0.5, 0.6) is 0 Å². The van der Waals surface area contributed by atoms with Crippen LogP contribution in [0.4, 0.5) is 0 Å². The summed E-state index contributed by atoms with van der Waals surface area (Å²) in [5.74, 6) is 0. The van der Waals surface area contributed by atoms with E-state index in [1.807, 2.05) is 74.5 Å². The van der Waals surface area contributed by atoms with Crippen molar-refractivity contribution >= 4 is 22.4 Å². The Morgan fingerprint density at radius 2 is 1.66 bits per heavy atom. The molecule has 0 saturated heterocycles. The maximum Gasteiger partial charge on any atom is 0.184 e. The van der Waals surface area contributed by atoms with Crippen LogP contribution in [-0.4, -0.2) is 35.3 Å². The molecule has 3 N–H and O–H groups in total. The predicted octanol–water partition coefficient (Wildman–Crippen LogP) is 4.74. The summed E-state index contributed by atoms with van der Waals surface area (Å²) in [4.78, 5) is 14.6. The molecule has 0 unspecified atom stereocenters. The topological polar surface area (TPSA) is 102 Å². The molecule has 1 saturated carbocycles. The van der Waals surface area contributed by atoms with Gasteiger partial charge in [0, 0.05) is 22.7 Å². The van der Waals surface area contributed by atoms with Crippen molar-refractivity contribution in [2.24, 2.45) is 5.73 Å². The van der Waals surface area contributed by atoms with E-state index in [0.29, 0.717) is 29.7 Å². The number of benzene rings is 2. The molecule has 3 aromatic heterocycles. The van der Waals surface area contributed by atoms with Gasteiger partial charge in [-0.1, -0.05) is 61.2 Å². The number of fused-ring (bicyclic) bond motifs is 3. The van der Waals surface area contributed by atoms with Gasteiger partial charge in [-0.05, 0) is 37.8 Å². The minimum atomic E-state index is -0.705. The van der Waals surface area contributed by atoms with E-state index in [1.165, 1.54) is 0 Å². The molecule has 5 aromatic rings. The summed E-state index contributed by atoms with van der Waals surface area (Å²) in [7, 11) is 0. The molecule has 2 aromatic carbocycles. The fraction of sp³-hybridized carbons (Fsp3) is 0.214. The average Bonchev–Trinajstić information content (AvgIpc) is 3.28. The van der Waals surface area contributed by atoms with E-state index >= 15 is 0 Å². The summed E-state index contributed by atoms with van der Waals surface area (Å²) in [6, 6.07) is 20.0. The molecule has 174 valence electrons. The van der Waals surface area contributed by atoms with Gasteiger partial charge in [0.1, 0.15) is 5.52 Å². The van der Waals surface area contributed by atoms with Crippen molar-refractivity contribution in [2.75, 3.05) is 0 Å². The third-order valence-corrected chi connectivity index (χ3v) is 6.72. The lowest BCUT2D eigenvalue weighted by Crippen LogP contribution is -2.58. The lowest BCUT2D eigenvalue weighted by Gasteiger charge is -2.49. The molecule has 0 amide bonds. The zero-order valence-corrected chi connectivity index (χ0v) is 19.7. The molecule has 0 bridgehead atoms. The first-order valence-corrected chi connectivity index (χ1v) is 11.6. The van der Waals surface area contributed by atoms with Gasteiger partial charge in [-0.25, -0.2) is 15.0 Å². The molecule has 7 heteroatoms. The number of nitrogens with zero attached hydrogens (tertiary/aromatic N) is 5. The molecule has 1 aliphatic rings. The predicted molar refractivity (Wildman–Crippen MR) is 137 cm³/mol. The minimum absolute atomic E-state index is 0.509. The number of aliphatic hydroxyl groups is 1. The molecule has 6 rings (SSSR count). The normalized spacial score (nSPS) is 21.8. The van der Waals surface area contributed by atoms with Gasteiger partial charge in [0.15, 0.2) is 11.3 Å². The van der Waals surface area contributed by atoms with E-state index in [1.54, 1.807) is 10.7 Å². The summed E-state index contributed by atoms with van der Waals surface area (Å²) in [5, 5.41) is 14.9. The molecule has 35 heavy (non-hydrogen) atoms. The maximum absolute atomic E-state index is 10.2. The van der Waals surface area contributed by atoms with Gasteiger partial charge in [0.2, 0.25) is 0 Å². The highest BCUT2D eigenvalue weighted by molar-refractivity contribution is 5.85. The Morgan fingerprint density at radius 3 is 2.31 bits per heavy atom. The fourth-order valence-electron chi connectivity index (χ4n) is 5.11. The van der Waals surface area contributed by atoms with E-state index in [9.17, 15) is 5.11 Å². The standard InChI is InChI=1S/C28H26N6O/c1-17(2)21-13-23-30-14-22-26(34(23)33-21)32-25(24(31-22)18-7-5-4-6-8-18)19-9-11-20(12-10-19)28(29)15-27(3,35)16-28/h4-14,35H,1,15-16,29H2,2-3H3/t27-,28+. The van der Waals surface area contributed by atoms with Gasteiger partial charge < -0.3 is 10.8 Å². The Bertz CT molecular complexity index is 1590. The number of rotatable bonds is 4. The molecule has 7 nitrogen and oxygen atoms in total. The Balaban J connectivity index is 1.54. The molecule has 0 aliphatic heterocycles. The van der Waals surface area contributed by atoms with Crippen LogP contribution in [0.1, 0.15) is 37.9 Å². The van der Waals surface area contributed by atoms with Crippen LogP contribution in [0.2, 0.25) is 0 Å². The van der Waals surface area contributed by atoms with Crippen LogP contribution in [-0.2, 0) is 5.54 Å². The SMILES string of the molecule is C=C(C)c1cc2ncc3nc(-c4ccccc4)c(-c4ccc([C@]5(N)C[C@@](C)(O)C5)cc4)nc3n2n1. The smallest absolute Gasteiger partial charge is 0.184 e. The number of allylic oxidation sites excluding steroid dienone is 1. The Morgan fingerprint density at radius 1 is 1.00 bits per heavy atom. The number of hydrogen-bond acceptors (Lipinski definition) is 6. The first-order valence-electron chi connectivity index (χ1n) is 11.6. The second-order valence-electron chi connectivity index (χ2n) is 9.92. The Labute approximate surface area is 203 Å². The Kier molecular flexibility index (Phi) is 4.64. The van der Waals surface area contributed by atoms with Crippen LogP contribution in [0.25, 0.3) is 44.9 Å². The quantitative estimate of drug-likeness (QED) is 0.400. The summed E-state index contributed by atoms with van der Waals surface area (Å²) in [5.41, 5.74) is 13.4. The Hall–Kier alpha value is -3.94. The molecular weight excluding hydrogens is 436 g/mol. The zero-order valence-electron chi connectivity index (χ0n) is 19.7. The van der Waals surface area contributed by atoms with E-state index in [4.69, 9.17) is 15.7 Å². The van der Waals surface area contributed by atoms with Crippen LogP contribution >= 0.6 is 0 Å². The second kappa shape index (κ2) is 7.53. The highest BCUT2D eigenvalue weighted by atomic mass is 16.3. The fourth-order valence-corrected chi connectivity index (χ4v) is 5.11. The van der Waals surface area contributed by atoms with E-state index in [-0.39, 0.29) is 0 Å². The number of nitrogens with two attached hydrogens (primary N) is 1. The number of aromatic nitrogens is 5. The molecule has 1 fully saturated rings. The van der Waals surface area contributed by atoms with Gasteiger partial charge in [0.25, 0.3) is 0 Å². The van der Waals surface area contributed by atoms with E-state index < -0.39 is 11.1 Å². The first kappa shape index (κ1) is 21.6. The van der Waals surface area contributed by atoms with Crippen LogP contribution in [0.15, 0.2) is 73.4 Å². The average molecular weight is 463 g/mol. The third kappa shape index (κ3) is 3.60. The maximum atomic E-state index is 10.2. The zero-order chi connectivity index (χ0) is 24.4. The van der Waals surface area contributed by atoms with Gasteiger partial charge in [-0.3, -0.25) is 0 Å². The van der Waals surface area contributed by atoms with E-state index in [2.05, 4.69) is 16.7 Å². The third-order valence-electron chi connectivity index (χ3n) is 6.72. The summed E-state index contributed by atoms with van der Waals surface area (Å²) in [6.45, 7) is 7.75. The first-order chi connectivity index (χ1) is 16.7. The summed E-state index contributed by atoms with van der Waals surface area (Å²) >= 11 is 0. The van der Waals surface area contributed by atoms with Crippen molar-refractivity contribution in [3.05, 3.63) is 84.7 Å². The van der Waals surface area contributed by atoms with Crippen molar-refractivity contribution in [3.8, 4) is 22.5 Å². The van der Waals surface area contributed by atoms with Gasteiger partial charge in [-0.2, -0.15) is 9.61 Å². The van der Waals surface area contributed by atoms with Crippen molar-refractivity contribution in [2.45, 2.75) is 37.8 Å². The van der Waals surface area contributed by atoms with Gasteiger partial charge in [0.05, 0.1) is 28.9 Å². The lowest BCUT2D eigenvalue weighted by molar-refractivity contribution is -0.0738. The second-order valence-corrected chi connectivity index (χ2v) is 9.92. The van der Waals surface area contributed by atoms with Crippen LogP contribution in [0, 0.1) is 0 Å². The molecule has 1 aliphatic carbocycles. The van der Waals surface area contributed by atoms with Crippen molar-refractivity contribution < 1.29 is 5.11 Å². The highest BCUT2D eigenvalue weighted by Crippen LogP contribution is 2.46. The van der Waals surface area contributed by atoms with E-state index in [0.717, 1.165) is 39.3 Å². The molecule has 0 radical (unpaired) electrons. The molecule has 0 atom stereocenters. The lowest BCUT2D eigenvalue weighted by atomic mass is 9.63. The van der Waals surface area contributed by atoms with Gasteiger partial charge >= 0.3 is 0 Å². The molecule has 0 spiro atoms. The number of hydrogen-bond donors (Lipinski definition) is 2. The van der Waals surface area contributed by atoms with Crippen molar-refractivity contribution in [3.63, 3.8) is 0 Å². The van der Waals surface area contributed by atoms with Gasteiger partial charge in [-0.15, -0.1) is 0 Å². The summed E-state index contributed by atoms with van der Waals surface area (Å²) in [6.07, 6.45) is 2.82.